The van der Waals surface area contributed by atoms with Crippen LogP contribution in [0.5, 0.6) is 0 Å². The van der Waals surface area contributed by atoms with Gasteiger partial charge in [0.1, 0.15) is 5.82 Å². The topological polar surface area (TPSA) is 64.8 Å². The predicted molar refractivity (Wildman–Crippen MR) is 111 cm³/mol. The lowest BCUT2D eigenvalue weighted by atomic mass is 10.1. The number of H-pyrrole nitrogens is 2. The van der Waals surface area contributed by atoms with Crippen molar-refractivity contribution >= 4 is 27.8 Å². The zero-order chi connectivity index (χ0) is 19.3. The van der Waals surface area contributed by atoms with Gasteiger partial charge in [-0.3, -0.25) is 4.79 Å². The minimum atomic E-state index is 0.0344. The highest BCUT2D eigenvalue weighted by Gasteiger charge is 2.32. The standard InChI is InChI=1S/C23H24N4O/c1-14-8-9-18-19(11-14)26-23(25-18)20-7-4-10-27(20)21(28)12-16-13-24-22-15(2)5-3-6-17(16)22/h3,5-6,8-9,11,13,20,24H,4,7,10,12H2,1-2H3,(H,25,26). The van der Waals surface area contributed by atoms with E-state index in [1.54, 1.807) is 0 Å². The molecular formula is C23H24N4O. The molecule has 2 aromatic carbocycles. The van der Waals surface area contributed by atoms with Crippen LogP contribution in [-0.2, 0) is 11.2 Å². The first kappa shape index (κ1) is 17.0. The smallest absolute Gasteiger partial charge is 0.227 e. The number of aryl methyl sites for hydroxylation is 2. The van der Waals surface area contributed by atoms with Crippen molar-refractivity contribution in [3.63, 3.8) is 0 Å². The van der Waals surface area contributed by atoms with Gasteiger partial charge in [-0.05, 0) is 55.5 Å². The van der Waals surface area contributed by atoms with Gasteiger partial charge in [-0.2, -0.15) is 0 Å². The lowest BCUT2D eigenvalue weighted by molar-refractivity contribution is -0.131. The summed E-state index contributed by atoms with van der Waals surface area (Å²) >= 11 is 0. The summed E-state index contributed by atoms with van der Waals surface area (Å²) in [4.78, 5) is 26.7. The number of benzene rings is 2. The number of nitrogens with zero attached hydrogens (tertiary/aromatic N) is 2. The average molecular weight is 372 g/mol. The molecule has 142 valence electrons. The molecule has 1 fully saturated rings. The zero-order valence-corrected chi connectivity index (χ0v) is 16.2. The molecule has 1 unspecified atom stereocenters. The van der Waals surface area contributed by atoms with Crippen LogP contribution in [0.3, 0.4) is 0 Å². The summed E-state index contributed by atoms with van der Waals surface area (Å²) in [5, 5.41) is 1.14. The van der Waals surface area contributed by atoms with E-state index < -0.39 is 0 Å². The third kappa shape index (κ3) is 2.78. The molecule has 0 radical (unpaired) electrons. The maximum Gasteiger partial charge on any atom is 0.227 e. The molecule has 1 atom stereocenters. The zero-order valence-electron chi connectivity index (χ0n) is 16.2. The third-order valence-electron chi connectivity index (χ3n) is 5.90. The van der Waals surface area contributed by atoms with Gasteiger partial charge in [-0.15, -0.1) is 0 Å². The molecular weight excluding hydrogens is 348 g/mol. The largest absolute Gasteiger partial charge is 0.361 e. The Morgan fingerprint density at radius 1 is 1.25 bits per heavy atom. The van der Waals surface area contributed by atoms with E-state index in [1.807, 2.05) is 17.2 Å². The van der Waals surface area contributed by atoms with Crippen molar-refractivity contribution in [1.29, 1.82) is 0 Å². The van der Waals surface area contributed by atoms with Crippen LogP contribution in [0.2, 0.25) is 0 Å². The molecule has 5 nitrogen and oxygen atoms in total. The number of aromatic nitrogens is 3. The summed E-state index contributed by atoms with van der Waals surface area (Å²) < 4.78 is 0. The van der Waals surface area contributed by atoms with Crippen LogP contribution in [0.4, 0.5) is 0 Å². The van der Waals surface area contributed by atoms with Crippen molar-refractivity contribution in [1.82, 2.24) is 19.9 Å². The number of para-hydroxylation sites is 1. The minimum absolute atomic E-state index is 0.0344. The van der Waals surface area contributed by atoms with Crippen molar-refractivity contribution in [2.75, 3.05) is 6.54 Å². The lowest BCUT2D eigenvalue weighted by Crippen LogP contribution is -2.32. The van der Waals surface area contributed by atoms with Gasteiger partial charge in [0.15, 0.2) is 0 Å². The number of rotatable bonds is 3. The molecule has 1 saturated heterocycles. The van der Waals surface area contributed by atoms with Gasteiger partial charge < -0.3 is 14.9 Å². The number of fused-ring (bicyclic) bond motifs is 2. The van der Waals surface area contributed by atoms with Crippen LogP contribution in [0.1, 0.15) is 41.4 Å². The maximum atomic E-state index is 13.2. The number of hydrogen-bond donors (Lipinski definition) is 2. The number of amides is 1. The van der Waals surface area contributed by atoms with Crippen molar-refractivity contribution < 1.29 is 4.79 Å². The van der Waals surface area contributed by atoms with Gasteiger partial charge >= 0.3 is 0 Å². The molecule has 2 N–H and O–H groups in total. The fraction of sp³-hybridized carbons (Fsp3) is 0.304. The van der Waals surface area contributed by atoms with E-state index in [9.17, 15) is 4.79 Å². The first-order valence-electron chi connectivity index (χ1n) is 9.91. The Morgan fingerprint density at radius 2 is 2.14 bits per heavy atom. The summed E-state index contributed by atoms with van der Waals surface area (Å²) in [5.41, 5.74) is 6.60. The van der Waals surface area contributed by atoms with Crippen molar-refractivity contribution in [2.45, 2.75) is 39.2 Å². The number of hydrogen-bond acceptors (Lipinski definition) is 2. The van der Waals surface area contributed by atoms with Gasteiger partial charge in [0.05, 0.1) is 23.5 Å². The number of carbonyl (C=O) groups excluding carboxylic acids is 1. The Kier molecular flexibility index (Phi) is 3.97. The fourth-order valence-corrected chi connectivity index (χ4v) is 4.43. The van der Waals surface area contributed by atoms with Crippen molar-refractivity contribution in [3.8, 4) is 0 Å². The monoisotopic (exact) mass is 372 g/mol. The van der Waals surface area contributed by atoms with Crippen LogP contribution in [0.25, 0.3) is 21.9 Å². The molecule has 1 amide bonds. The average Bonchev–Trinajstić information content (AvgIpc) is 3.39. The second-order valence-corrected chi connectivity index (χ2v) is 7.88. The molecule has 0 aliphatic carbocycles. The molecule has 28 heavy (non-hydrogen) atoms. The Morgan fingerprint density at radius 3 is 3.04 bits per heavy atom. The highest BCUT2D eigenvalue weighted by Crippen LogP contribution is 2.32. The molecule has 4 aromatic rings. The molecule has 0 bridgehead atoms. The van der Waals surface area contributed by atoms with E-state index >= 15 is 0 Å². The van der Waals surface area contributed by atoms with Crippen LogP contribution in [0.15, 0.2) is 42.6 Å². The number of carbonyl (C=O) groups is 1. The summed E-state index contributed by atoms with van der Waals surface area (Å²) in [6.45, 7) is 4.96. The molecule has 5 rings (SSSR count). The van der Waals surface area contributed by atoms with E-state index in [0.29, 0.717) is 6.42 Å². The Hall–Kier alpha value is -3.08. The second-order valence-electron chi connectivity index (χ2n) is 7.88. The second kappa shape index (κ2) is 6.51. The Bertz CT molecular complexity index is 1190. The van der Waals surface area contributed by atoms with Gasteiger partial charge in [0, 0.05) is 23.6 Å². The van der Waals surface area contributed by atoms with Crippen LogP contribution in [0, 0.1) is 13.8 Å². The molecule has 0 spiro atoms. The van der Waals surface area contributed by atoms with Gasteiger partial charge in [-0.1, -0.05) is 24.3 Å². The van der Waals surface area contributed by atoms with Gasteiger partial charge in [0.2, 0.25) is 5.91 Å². The highest BCUT2D eigenvalue weighted by molar-refractivity contribution is 5.90. The molecule has 0 saturated carbocycles. The third-order valence-corrected chi connectivity index (χ3v) is 5.90. The summed E-state index contributed by atoms with van der Waals surface area (Å²) in [6.07, 6.45) is 4.36. The quantitative estimate of drug-likeness (QED) is 0.553. The van der Waals surface area contributed by atoms with Crippen LogP contribution in [-0.4, -0.2) is 32.3 Å². The maximum absolute atomic E-state index is 13.2. The number of aromatic amines is 2. The molecule has 1 aliphatic heterocycles. The van der Waals surface area contributed by atoms with Gasteiger partial charge in [0.25, 0.3) is 0 Å². The number of imidazole rings is 1. The van der Waals surface area contributed by atoms with Gasteiger partial charge in [-0.25, -0.2) is 4.98 Å². The van der Waals surface area contributed by atoms with E-state index in [-0.39, 0.29) is 11.9 Å². The highest BCUT2D eigenvalue weighted by atomic mass is 16.2. The first-order chi connectivity index (χ1) is 13.6. The van der Waals surface area contributed by atoms with Crippen LogP contribution >= 0.6 is 0 Å². The molecule has 5 heteroatoms. The normalized spacial score (nSPS) is 17.1. The van der Waals surface area contributed by atoms with E-state index in [1.165, 1.54) is 11.1 Å². The number of likely N-dealkylation sites (tertiary alicyclic amines) is 1. The molecule has 1 aliphatic rings. The molecule has 2 aromatic heterocycles. The Balaban J connectivity index is 1.42. The molecule has 3 heterocycles. The van der Waals surface area contributed by atoms with E-state index in [4.69, 9.17) is 4.98 Å². The predicted octanol–water partition coefficient (Wildman–Crippen LogP) is 4.57. The first-order valence-corrected chi connectivity index (χ1v) is 9.91. The number of nitrogens with one attached hydrogen (secondary N) is 2. The summed E-state index contributed by atoms with van der Waals surface area (Å²) in [7, 11) is 0. The van der Waals surface area contributed by atoms with Crippen molar-refractivity contribution in [3.05, 3.63) is 65.1 Å². The fourth-order valence-electron chi connectivity index (χ4n) is 4.43. The lowest BCUT2D eigenvalue weighted by Gasteiger charge is -2.23. The minimum Gasteiger partial charge on any atom is -0.361 e. The summed E-state index contributed by atoms with van der Waals surface area (Å²) in [5.74, 6) is 1.07. The SMILES string of the molecule is Cc1ccc2nc(C3CCCN3C(=O)Cc3c[nH]c4c(C)cccc34)[nH]c2c1. The van der Waals surface area contributed by atoms with E-state index in [0.717, 1.165) is 52.7 Å². The van der Waals surface area contributed by atoms with Crippen LogP contribution < -0.4 is 0 Å². The Labute approximate surface area is 163 Å². The van der Waals surface area contributed by atoms with Crippen molar-refractivity contribution in [2.24, 2.45) is 0 Å². The van der Waals surface area contributed by atoms with E-state index in [2.05, 4.69) is 54.1 Å². The summed E-state index contributed by atoms with van der Waals surface area (Å²) in [6, 6.07) is 12.5.